The molecule has 0 spiro atoms. The number of rotatable bonds is 8. The van der Waals surface area contributed by atoms with Gasteiger partial charge in [0, 0.05) is 35.5 Å². The predicted octanol–water partition coefficient (Wildman–Crippen LogP) is 4.44. The van der Waals surface area contributed by atoms with E-state index in [4.69, 9.17) is 21.7 Å². The monoisotopic (exact) mass is 549 g/mol. The van der Waals surface area contributed by atoms with E-state index in [1.54, 1.807) is 25.4 Å². The Morgan fingerprint density at radius 2 is 1.74 bits per heavy atom. The second-order valence-corrected chi connectivity index (χ2v) is 10.9. The van der Waals surface area contributed by atoms with Crippen molar-refractivity contribution in [3.63, 3.8) is 0 Å². The van der Waals surface area contributed by atoms with Gasteiger partial charge in [0.1, 0.15) is 17.5 Å². The van der Waals surface area contributed by atoms with Crippen molar-refractivity contribution in [2.45, 2.75) is 12.1 Å². The number of anilines is 2. The smallest absolute Gasteiger partial charge is 0.229 e. The summed E-state index contributed by atoms with van der Waals surface area (Å²) in [5.41, 5.74) is 3.87. The minimum atomic E-state index is -3.49. The van der Waals surface area contributed by atoms with Crippen LogP contribution in [0.15, 0.2) is 85.2 Å². The third-order valence-electron chi connectivity index (χ3n) is 6.29. The molecular weight excluding hydrogens is 522 g/mol. The van der Waals surface area contributed by atoms with Gasteiger partial charge in [0.25, 0.3) is 0 Å². The van der Waals surface area contributed by atoms with Crippen molar-refractivity contribution in [2.75, 3.05) is 30.1 Å². The molecule has 38 heavy (non-hydrogen) atoms. The van der Waals surface area contributed by atoms with Gasteiger partial charge in [-0.25, -0.2) is 8.42 Å². The summed E-state index contributed by atoms with van der Waals surface area (Å²) >= 11 is 5.85. The number of benzene rings is 2. The lowest BCUT2D eigenvalue weighted by Gasteiger charge is -2.29. The number of sulfonamides is 1. The molecule has 5 rings (SSSR count). The van der Waals surface area contributed by atoms with Crippen LogP contribution in [0.3, 0.4) is 0 Å². The molecule has 0 saturated carbocycles. The van der Waals surface area contributed by atoms with Crippen molar-refractivity contribution < 1.29 is 17.9 Å². The first-order chi connectivity index (χ1) is 18.3. The molecule has 196 valence electrons. The number of nitrogens with zero attached hydrogens (tertiary/aromatic N) is 3. The minimum absolute atomic E-state index is 0.254. The third-order valence-corrected chi connectivity index (χ3v) is 7.20. The number of nitrogens with one attached hydrogen (secondary N) is 2. The van der Waals surface area contributed by atoms with E-state index in [1.807, 2.05) is 65.7 Å². The van der Waals surface area contributed by atoms with Crippen LogP contribution in [0.5, 0.6) is 11.5 Å². The molecule has 2 N–H and O–H groups in total. The summed E-state index contributed by atoms with van der Waals surface area (Å²) < 4.78 is 39.2. The number of methoxy groups -OCH3 is 2. The number of pyridine rings is 1. The van der Waals surface area contributed by atoms with Crippen LogP contribution in [-0.4, -0.2) is 43.6 Å². The van der Waals surface area contributed by atoms with Gasteiger partial charge in [-0.05, 0) is 72.9 Å². The second-order valence-electron chi connectivity index (χ2n) is 8.76. The average Bonchev–Trinajstić information content (AvgIpc) is 3.53. The van der Waals surface area contributed by atoms with Crippen molar-refractivity contribution in [3.8, 4) is 17.2 Å². The molecule has 11 heteroatoms. The van der Waals surface area contributed by atoms with Gasteiger partial charge >= 0.3 is 0 Å². The van der Waals surface area contributed by atoms with E-state index in [-0.39, 0.29) is 12.1 Å². The summed E-state index contributed by atoms with van der Waals surface area (Å²) in [7, 11) is -0.350. The van der Waals surface area contributed by atoms with Crippen LogP contribution in [0.2, 0.25) is 0 Å². The van der Waals surface area contributed by atoms with Crippen molar-refractivity contribution >= 4 is 38.7 Å². The van der Waals surface area contributed by atoms with E-state index >= 15 is 0 Å². The first-order valence-electron chi connectivity index (χ1n) is 11.8. The highest BCUT2D eigenvalue weighted by atomic mass is 32.2. The molecule has 0 aliphatic carbocycles. The molecule has 2 atom stereocenters. The summed E-state index contributed by atoms with van der Waals surface area (Å²) in [6.45, 7) is 0. The molecule has 1 fully saturated rings. The van der Waals surface area contributed by atoms with Crippen LogP contribution in [0, 0.1) is 0 Å². The summed E-state index contributed by atoms with van der Waals surface area (Å²) in [5, 5.41) is 3.97. The first kappa shape index (κ1) is 25.6. The topological polar surface area (TPSA) is 97.7 Å². The number of aromatic nitrogens is 2. The van der Waals surface area contributed by atoms with Gasteiger partial charge in [-0.3, -0.25) is 9.71 Å². The summed E-state index contributed by atoms with van der Waals surface area (Å²) in [6, 6.07) is 22.4. The zero-order valence-corrected chi connectivity index (χ0v) is 22.7. The highest BCUT2D eigenvalue weighted by Crippen LogP contribution is 2.44. The Morgan fingerprint density at radius 3 is 2.39 bits per heavy atom. The highest BCUT2D eigenvalue weighted by Gasteiger charge is 2.42. The van der Waals surface area contributed by atoms with Crippen LogP contribution in [0.4, 0.5) is 11.4 Å². The van der Waals surface area contributed by atoms with E-state index < -0.39 is 10.0 Å². The molecule has 1 aliphatic heterocycles. The number of ether oxygens (including phenoxy) is 2. The standard InChI is InChI=1S/C27H27N5O4S2/c1-35-20-12-9-18(10-13-20)31-16-6-8-23(31)26-25(22-7-4-5-15-28-22)29-27(37)32(26)19-11-14-21(24(17-19)36-2)30-38(3,33)34/h4-17,25-26,30H,1-3H3,(H,29,37)/t25-,26-/m0/s1. The molecule has 0 amide bonds. The third kappa shape index (κ3) is 5.02. The van der Waals surface area contributed by atoms with E-state index in [0.29, 0.717) is 16.5 Å². The van der Waals surface area contributed by atoms with E-state index in [2.05, 4.69) is 25.7 Å². The maximum absolute atomic E-state index is 11.9. The average molecular weight is 550 g/mol. The lowest BCUT2D eigenvalue weighted by atomic mass is 10.0. The second kappa shape index (κ2) is 10.3. The fourth-order valence-corrected chi connectivity index (χ4v) is 5.57. The molecule has 2 aromatic heterocycles. The van der Waals surface area contributed by atoms with Gasteiger partial charge in [0.05, 0.1) is 37.9 Å². The van der Waals surface area contributed by atoms with Gasteiger partial charge in [-0.15, -0.1) is 0 Å². The predicted molar refractivity (Wildman–Crippen MR) is 152 cm³/mol. The minimum Gasteiger partial charge on any atom is -0.497 e. The number of hydrogen-bond donors (Lipinski definition) is 2. The summed E-state index contributed by atoms with van der Waals surface area (Å²) in [6.07, 6.45) is 4.86. The van der Waals surface area contributed by atoms with Gasteiger partial charge < -0.3 is 24.3 Å². The van der Waals surface area contributed by atoms with Gasteiger partial charge in [0.15, 0.2) is 5.11 Å². The quantitative estimate of drug-likeness (QED) is 0.312. The Bertz CT molecular complexity index is 1560. The van der Waals surface area contributed by atoms with Crippen molar-refractivity contribution in [2.24, 2.45) is 0 Å². The van der Waals surface area contributed by atoms with E-state index in [9.17, 15) is 8.42 Å². The Morgan fingerprint density at radius 1 is 0.974 bits per heavy atom. The van der Waals surface area contributed by atoms with Crippen molar-refractivity contribution in [1.29, 1.82) is 0 Å². The molecule has 2 aromatic carbocycles. The maximum Gasteiger partial charge on any atom is 0.229 e. The fraction of sp³-hybridized carbons (Fsp3) is 0.185. The largest absolute Gasteiger partial charge is 0.497 e. The highest BCUT2D eigenvalue weighted by molar-refractivity contribution is 7.92. The van der Waals surface area contributed by atoms with Gasteiger partial charge in [-0.2, -0.15) is 0 Å². The van der Waals surface area contributed by atoms with Crippen LogP contribution in [0.25, 0.3) is 5.69 Å². The van der Waals surface area contributed by atoms with Crippen LogP contribution >= 0.6 is 12.2 Å². The molecule has 1 aliphatic rings. The molecule has 1 saturated heterocycles. The SMILES string of the molecule is COc1ccc(-n2cccc2[C@H]2[C@H](c3ccccn3)NC(=S)N2c2ccc(NS(C)(=O)=O)c(OC)c2)cc1. The zero-order valence-electron chi connectivity index (χ0n) is 21.0. The van der Waals surface area contributed by atoms with Crippen LogP contribution < -0.4 is 24.4 Å². The maximum atomic E-state index is 11.9. The zero-order chi connectivity index (χ0) is 26.9. The Labute approximate surface area is 227 Å². The molecule has 9 nitrogen and oxygen atoms in total. The molecule has 3 heterocycles. The summed E-state index contributed by atoms with van der Waals surface area (Å²) in [5.74, 6) is 1.15. The number of hydrogen-bond acceptors (Lipinski definition) is 6. The summed E-state index contributed by atoms with van der Waals surface area (Å²) in [4.78, 5) is 6.63. The fourth-order valence-electron chi connectivity index (χ4n) is 4.66. The Hall–Kier alpha value is -4.09. The van der Waals surface area contributed by atoms with E-state index in [1.165, 1.54) is 7.11 Å². The van der Waals surface area contributed by atoms with Crippen molar-refractivity contribution in [3.05, 3.63) is 96.6 Å². The van der Waals surface area contributed by atoms with Crippen molar-refractivity contribution in [1.82, 2.24) is 14.9 Å². The molecule has 0 bridgehead atoms. The number of thiocarbonyl (C=S) groups is 1. The first-order valence-corrected chi connectivity index (χ1v) is 14.1. The Kier molecular flexibility index (Phi) is 6.96. The molecule has 4 aromatic rings. The Balaban J connectivity index is 1.63. The van der Waals surface area contributed by atoms with Gasteiger partial charge in [0.2, 0.25) is 10.0 Å². The van der Waals surface area contributed by atoms with Crippen LogP contribution in [-0.2, 0) is 10.0 Å². The van der Waals surface area contributed by atoms with Gasteiger partial charge in [-0.1, -0.05) is 6.07 Å². The molecule has 0 radical (unpaired) electrons. The lowest BCUT2D eigenvalue weighted by Crippen LogP contribution is -2.30. The lowest BCUT2D eigenvalue weighted by molar-refractivity contribution is 0.414. The van der Waals surface area contributed by atoms with Crippen LogP contribution in [0.1, 0.15) is 23.5 Å². The normalized spacial score (nSPS) is 17.2. The van der Waals surface area contributed by atoms with E-state index in [0.717, 1.165) is 34.8 Å². The molecular formula is C27H27N5O4S2. The molecule has 0 unspecified atom stereocenters.